The number of alkyl halides is 4. The summed E-state index contributed by atoms with van der Waals surface area (Å²) in [5, 5.41) is 0.187. The molecule has 0 aliphatic carbocycles. The average Bonchev–Trinajstić information content (AvgIpc) is 2.30. The fourth-order valence-corrected chi connectivity index (χ4v) is 2.66. The number of carbonyl (C=O) groups is 1. The predicted molar refractivity (Wildman–Crippen MR) is 72.2 cm³/mol. The van der Waals surface area contributed by atoms with Gasteiger partial charge in [0.15, 0.2) is 5.69 Å². The second-order valence-electron chi connectivity index (χ2n) is 3.17. The normalized spacial score (nSPS) is 11.3. The number of hydrogen-bond donors (Lipinski definition) is 0. The second-order valence-corrected chi connectivity index (χ2v) is 4.81. The maximum Gasteiger partial charge on any atom is 0.573 e. The van der Waals surface area contributed by atoms with Crippen molar-refractivity contribution in [3.05, 3.63) is 21.0 Å². The smallest absolute Gasteiger partial charge is 0.461 e. The van der Waals surface area contributed by atoms with Crippen LogP contribution in [-0.2, 0) is 10.1 Å². The number of esters is 1. The quantitative estimate of drug-likeness (QED) is 0.396. The SMILES string of the molecule is CCOC(=O)c1cc(OC(F)(F)F)c(I)c(CBr)n1. The van der Waals surface area contributed by atoms with E-state index in [9.17, 15) is 18.0 Å². The number of halogens is 5. The third-order valence-electron chi connectivity index (χ3n) is 1.83. The van der Waals surface area contributed by atoms with E-state index in [0.29, 0.717) is 0 Å². The molecule has 0 aliphatic rings. The van der Waals surface area contributed by atoms with E-state index in [0.717, 1.165) is 6.07 Å². The van der Waals surface area contributed by atoms with Crippen molar-refractivity contribution in [3.63, 3.8) is 0 Å². The van der Waals surface area contributed by atoms with Crippen LogP contribution >= 0.6 is 38.5 Å². The Morgan fingerprint density at radius 3 is 2.63 bits per heavy atom. The Morgan fingerprint density at radius 1 is 1.53 bits per heavy atom. The first-order valence-corrected chi connectivity index (χ1v) is 7.16. The van der Waals surface area contributed by atoms with E-state index in [-0.39, 0.29) is 26.9 Å². The van der Waals surface area contributed by atoms with Gasteiger partial charge in [-0.25, -0.2) is 9.78 Å². The highest BCUT2D eigenvalue weighted by Gasteiger charge is 2.33. The summed E-state index contributed by atoms with van der Waals surface area (Å²) in [4.78, 5) is 15.4. The maximum atomic E-state index is 12.3. The molecule has 9 heteroatoms. The molecule has 19 heavy (non-hydrogen) atoms. The van der Waals surface area contributed by atoms with Crippen LogP contribution in [0.5, 0.6) is 5.75 Å². The third-order valence-corrected chi connectivity index (χ3v) is 3.52. The molecule has 1 rings (SSSR count). The number of hydrogen-bond acceptors (Lipinski definition) is 4. The molecule has 0 amide bonds. The molecule has 0 bridgehead atoms. The number of pyridine rings is 1. The molecule has 1 aromatic rings. The van der Waals surface area contributed by atoms with Crippen molar-refractivity contribution in [2.45, 2.75) is 18.6 Å². The second kappa shape index (κ2) is 6.73. The highest BCUT2D eigenvalue weighted by Crippen LogP contribution is 2.31. The summed E-state index contributed by atoms with van der Waals surface area (Å²) in [5.74, 6) is -1.27. The lowest BCUT2D eigenvalue weighted by atomic mass is 10.3. The number of rotatable bonds is 4. The Labute approximate surface area is 128 Å². The van der Waals surface area contributed by atoms with Gasteiger partial charge in [-0.15, -0.1) is 13.2 Å². The molecule has 0 saturated heterocycles. The van der Waals surface area contributed by atoms with Gasteiger partial charge in [-0.2, -0.15) is 0 Å². The minimum Gasteiger partial charge on any atom is -0.461 e. The van der Waals surface area contributed by atoms with Gasteiger partial charge < -0.3 is 9.47 Å². The van der Waals surface area contributed by atoms with Crippen LogP contribution in [0.25, 0.3) is 0 Å². The first kappa shape index (κ1) is 16.5. The Hall–Kier alpha value is -0.580. The van der Waals surface area contributed by atoms with Gasteiger partial charge >= 0.3 is 12.3 Å². The van der Waals surface area contributed by atoms with E-state index in [1.165, 1.54) is 0 Å². The van der Waals surface area contributed by atoms with Gasteiger partial charge in [-0.05, 0) is 29.5 Å². The van der Waals surface area contributed by atoms with Gasteiger partial charge in [0, 0.05) is 11.4 Å². The number of ether oxygens (including phenoxy) is 2. The van der Waals surface area contributed by atoms with Gasteiger partial charge in [0.05, 0.1) is 15.9 Å². The van der Waals surface area contributed by atoms with Crippen LogP contribution < -0.4 is 4.74 Å². The van der Waals surface area contributed by atoms with Crippen LogP contribution in [0.3, 0.4) is 0 Å². The Balaban J connectivity index is 3.22. The van der Waals surface area contributed by atoms with Gasteiger partial charge in [0.1, 0.15) is 5.75 Å². The zero-order valence-corrected chi connectivity index (χ0v) is 13.3. The van der Waals surface area contributed by atoms with Gasteiger partial charge in [0.25, 0.3) is 0 Å². The monoisotopic (exact) mass is 453 g/mol. The van der Waals surface area contributed by atoms with Crippen molar-refractivity contribution < 1.29 is 27.4 Å². The molecule has 0 spiro atoms. The molecular formula is C10H8BrF3INO3. The molecule has 0 fully saturated rings. The van der Waals surface area contributed by atoms with E-state index in [1.54, 1.807) is 29.5 Å². The minimum absolute atomic E-state index is 0.103. The zero-order chi connectivity index (χ0) is 14.6. The topological polar surface area (TPSA) is 48.4 Å². The van der Waals surface area contributed by atoms with E-state index in [2.05, 4.69) is 25.7 Å². The van der Waals surface area contributed by atoms with Crippen LogP contribution in [0.4, 0.5) is 13.2 Å². The number of aromatic nitrogens is 1. The summed E-state index contributed by atoms with van der Waals surface area (Å²) >= 11 is 4.76. The van der Waals surface area contributed by atoms with Crippen molar-refractivity contribution in [1.82, 2.24) is 4.98 Å². The lowest BCUT2D eigenvalue weighted by Gasteiger charge is -2.13. The molecule has 1 aromatic heterocycles. The van der Waals surface area contributed by atoms with Gasteiger partial charge in [-0.1, -0.05) is 15.9 Å². The maximum absolute atomic E-state index is 12.3. The van der Waals surface area contributed by atoms with E-state index < -0.39 is 18.1 Å². The van der Waals surface area contributed by atoms with E-state index in [1.807, 2.05) is 0 Å². The summed E-state index contributed by atoms with van der Waals surface area (Å²) in [6.45, 7) is 1.69. The standard InChI is InChI=1S/C10H8BrF3INO3/c1-2-18-9(17)5-3-7(19-10(12,13)14)8(15)6(4-11)16-5/h3H,2,4H2,1H3. The summed E-state index contributed by atoms with van der Waals surface area (Å²) in [7, 11) is 0. The van der Waals surface area contributed by atoms with Crippen molar-refractivity contribution in [2.75, 3.05) is 6.61 Å². The lowest BCUT2D eigenvalue weighted by molar-refractivity contribution is -0.275. The van der Waals surface area contributed by atoms with Crippen LogP contribution in [0, 0.1) is 3.57 Å². The molecule has 1 heterocycles. The molecule has 0 atom stereocenters. The summed E-state index contributed by atoms with van der Waals surface area (Å²) in [5.41, 5.74) is 0.0429. The molecule has 0 radical (unpaired) electrons. The predicted octanol–water partition coefficient (Wildman–Crippen LogP) is 3.66. The fourth-order valence-electron chi connectivity index (χ4n) is 1.15. The molecule has 0 aromatic carbocycles. The molecular weight excluding hydrogens is 446 g/mol. The number of nitrogens with zero attached hydrogens (tertiary/aromatic N) is 1. The zero-order valence-electron chi connectivity index (χ0n) is 9.55. The highest BCUT2D eigenvalue weighted by atomic mass is 127. The minimum atomic E-state index is -4.84. The van der Waals surface area contributed by atoms with Crippen LogP contribution in [0.2, 0.25) is 0 Å². The van der Waals surface area contributed by atoms with Crippen molar-refractivity contribution in [3.8, 4) is 5.75 Å². The molecule has 0 aliphatic heterocycles. The van der Waals surface area contributed by atoms with Crippen molar-refractivity contribution in [1.29, 1.82) is 0 Å². The first-order valence-electron chi connectivity index (χ1n) is 4.96. The largest absolute Gasteiger partial charge is 0.573 e. The molecule has 106 valence electrons. The number of carbonyl (C=O) groups excluding carboxylic acids is 1. The third kappa shape index (κ3) is 4.79. The van der Waals surface area contributed by atoms with Crippen LogP contribution in [0.1, 0.15) is 23.1 Å². The highest BCUT2D eigenvalue weighted by molar-refractivity contribution is 14.1. The first-order chi connectivity index (χ1) is 8.78. The van der Waals surface area contributed by atoms with Crippen molar-refractivity contribution in [2.24, 2.45) is 0 Å². The summed E-state index contributed by atoms with van der Waals surface area (Å²) in [6.07, 6.45) is -4.84. The average molecular weight is 454 g/mol. The van der Waals surface area contributed by atoms with E-state index >= 15 is 0 Å². The van der Waals surface area contributed by atoms with Crippen molar-refractivity contribution >= 4 is 44.5 Å². The van der Waals surface area contributed by atoms with Crippen LogP contribution in [0.15, 0.2) is 6.07 Å². The Bertz CT molecular complexity index is 482. The molecule has 0 saturated carbocycles. The van der Waals surface area contributed by atoms with Crippen LogP contribution in [-0.4, -0.2) is 23.9 Å². The fraction of sp³-hybridized carbons (Fsp3) is 0.400. The van der Waals surface area contributed by atoms with Gasteiger partial charge in [-0.3, -0.25) is 0 Å². The molecule has 0 N–H and O–H groups in total. The summed E-state index contributed by atoms with van der Waals surface area (Å²) < 4.78 is 45.5. The van der Waals surface area contributed by atoms with Gasteiger partial charge in [0.2, 0.25) is 0 Å². The Morgan fingerprint density at radius 2 is 2.16 bits per heavy atom. The van der Waals surface area contributed by atoms with E-state index in [4.69, 9.17) is 4.74 Å². The lowest BCUT2D eigenvalue weighted by Crippen LogP contribution is -2.19. The molecule has 0 unspecified atom stereocenters. The molecule has 4 nitrogen and oxygen atoms in total. The Kier molecular flexibility index (Phi) is 5.83. The summed E-state index contributed by atoms with van der Waals surface area (Å²) in [6, 6.07) is 0.916.